The molecule has 3 aromatic rings. The van der Waals surface area contributed by atoms with Crippen molar-refractivity contribution in [1.29, 1.82) is 0 Å². The first-order valence-corrected chi connectivity index (χ1v) is 13.8. The molecular weight excluding hydrogens is 483 g/mol. The number of aliphatic hydroxyl groups excluding tert-OH is 1. The Morgan fingerprint density at radius 2 is 1.83 bits per heavy atom. The van der Waals surface area contributed by atoms with Crippen LogP contribution in [-0.4, -0.2) is 59.1 Å². The highest BCUT2D eigenvalue weighted by Crippen LogP contribution is 2.44. The van der Waals surface area contributed by atoms with Crippen LogP contribution in [0.4, 0.5) is 15.8 Å². The number of anilines is 2. The molecule has 0 saturated heterocycles. The summed E-state index contributed by atoms with van der Waals surface area (Å²) in [5.41, 5.74) is 3.57. The Labute approximate surface area is 211 Å². The molecule has 0 saturated carbocycles. The molecule has 192 valence electrons. The molecule has 3 aromatic carbocycles. The van der Waals surface area contributed by atoms with Gasteiger partial charge in [-0.05, 0) is 48.4 Å². The quantitative estimate of drug-likeness (QED) is 0.433. The van der Waals surface area contributed by atoms with E-state index >= 15 is 0 Å². The topological polar surface area (TPSA) is 79.3 Å². The smallest absolute Gasteiger partial charge is 0.161 e. The van der Waals surface area contributed by atoms with Gasteiger partial charge >= 0.3 is 0 Å². The number of halogens is 1. The number of sulfone groups is 1. The summed E-state index contributed by atoms with van der Waals surface area (Å²) in [4.78, 5) is 3.98. The summed E-state index contributed by atoms with van der Waals surface area (Å²) in [5.74, 6) is 0.666. The van der Waals surface area contributed by atoms with Gasteiger partial charge < -0.3 is 24.4 Å². The largest absolute Gasteiger partial charge is 0.493 e. The van der Waals surface area contributed by atoms with Crippen LogP contribution in [-0.2, 0) is 9.84 Å². The molecule has 0 amide bonds. The molecule has 1 aliphatic rings. The van der Waals surface area contributed by atoms with Crippen molar-refractivity contribution in [3.05, 3.63) is 72.0 Å². The first kappa shape index (κ1) is 25.8. The fraction of sp³-hybridized carbons (Fsp3) is 0.333. The van der Waals surface area contributed by atoms with Crippen molar-refractivity contribution in [2.75, 3.05) is 55.3 Å². The lowest BCUT2D eigenvalue weighted by Crippen LogP contribution is -2.37. The van der Waals surface area contributed by atoms with Gasteiger partial charge in [0.15, 0.2) is 11.5 Å². The van der Waals surface area contributed by atoms with E-state index in [2.05, 4.69) is 0 Å². The molecule has 0 unspecified atom stereocenters. The monoisotopic (exact) mass is 514 g/mol. The number of hydrogen-bond donors (Lipinski definition) is 1. The van der Waals surface area contributed by atoms with E-state index in [1.54, 1.807) is 31.4 Å². The Hall–Kier alpha value is -3.30. The average molecular weight is 515 g/mol. The second-order valence-electron chi connectivity index (χ2n) is 8.73. The van der Waals surface area contributed by atoms with Gasteiger partial charge in [-0.25, -0.2) is 12.8 Å². The van der Waals surface area contributed by atoms with E-state index in [9.17, 15) is 17.9 Å². The number of aliphatic hydroxyl groups is 1. The third-order valence-electron chi connectivity index (χ3n) is 6.21. The van der Waals surface area contributed by atoms with Crippen LogP contribution in [0.1, 0.15) is 18.5 Å². The van der Waals surface area contributed by atoms with Crippen molar-refractivity contribution in [3.63, 3.8) is 0 Å². The summed E-state index contributed by atoms with van der Waals surface area (Å²) in [5, 5.41) is 9.72. The van der Waals surface area contributed by atoms with Gasteiger partial charge in [0.25, 0.3) is 0 Å². The number of fused-ring (bicyclic) bond motifs is 1. The third kappa shape index (κ3) is 5.42. The molecule has 4 rings (SSSR count). The van der Waals surface area contributed by atoms with Crippen LogP contribution >= 0.6 is 0 Å². The first-order valence-electron chi connectivity index (χ1n) is 11.8. The summed E-state index contributed by atoms with van der Waals surface area (Å²) in [7, 11) is -1.81. The van der Waals surface area contributed by atoms with Crippen molar-refractivity contribution < 1.29 is 27.4 Å². The van der Waals surface area contributed by atoms with Crippen LogP contribution in [0.15, 0.2) is 60.7 Å². The molecule has 1 heterocycles. The minimum Gasteiger partial charge on any atom is -0.493 e. The molecule has 7 nitrogen and oxygen atoms in total. The highest BCUT2D eigenvalue weighted by Gasteiger charge is 2.34. The maximum atomic E-state index is 14.5. The Bertz CT molecular complexity index is 1330. The zero-order chi connectivity index (χ0) is 25.9. The van der Waals surface area contributed by atoms with E-state index in [-0.39, 0.29) is 18.2 Å². The van der Waals surface area contributed by atoms with E-state index in [1.807, 2.05) is 47.1 Å². The summed E-state index contributed by atoms with van der Waals surface area (Å²) in [6.07, 6.45) is 1.22. The number of methoxy groups -OCH3 is 1. The normalized spacial score (nSPS) is 14.0. The molecule has 36 heavy (non-hydrogen) atoms. The molecule has 0 aromatic heterocycles. The third-order valence-corrected chi connectivity index (χ3v) is 7.13. The van der Waals surface area contributed by atoms with E-state index in [4.69, 9.17) is 9.47 Å². The number of rotatable bonds is 10. The molecule has 0 spiro atoms. The summed E-state index contributed by atoms with van der Waals surface area (Å²) >= 11 is 0. The van der Waals surface area contributed by atoms with E-state index < -0.39 is 15.9 Å². The van der Waals surface area contributed by atoms with Crippen LogP contribution in [0.5, 0.6) is 11.5 Å². The molecule has 1 N–H and O–H groups in total. The predicted octanol–water partition coefficient (Wildman–Crippen LogP) is 4.26. The lowest BCUT2D eigenvalue weighted by Gasteiger charge is -2.31. The van der Waals surface area contributed by atoms with Crippen LogP contribution in [0.3, 0.4) is 0 Å². The van der Waals surface area contributed by atoms with Crippen molar-refractivity contribution in [2.45, 2.75) is 13.0 Å². The maximum Gasteiger partial charge on any atom is 0.161 e. The minimum atomic E-state index is -3.37. The molecule has 1 aliphatic heterocycles. The van der Waals surface area contributed by atoms with E-state index in [0.717, 1.165) is 16.9 Å². The maximum absolute atomic E-state index is 14.5. The average Bonchev–Trinajstić information content (AvgIpc) is 3.20. The van der Waals surface area contributed by atoms with Crippen molar-refractivity contribution >= 4 is 21.2 Å². The zero-order valence-electron chi connectivity index (χ0n) is 20.6. The Morgan fingerprint density at radius 1 is 1.06 bits per heavy atom. The second kappa shape index (κ2) is 10.8. The zero-order valence-corrected chi connectivity index (χ0v) is 21.5. The first-order chi connectivity index (χ1) is 17.3. The fourth-order valence-electron chi connectivity index (χ4n) is 4.62. The number of benzene rings is 3. The number of ether oxygens (including phenoxy) is 2. The predicted molar refractivity (Wildman–Crippen MR) is 140 cm³/mol. The molecule has 1 atom stereocenters. The Balaban J connectivity index is 1.81. The Kier molecular flexibility index (Phi) is 7.70. The number of hydrogen-bond acceptors (Lipinski definition) is 7. The molecule has 0 radical (unpaired) electrons. The second-order valence-corrected chi connectivity index (χ2v) is 10.9. The van der Waals surface area contributed by atoms with Gasteiger partial charge in [-0.15, -0.1) is 0 Å². The van der Waals surface area contributed by atoms with Crippen LogP contribution in [0, 0.1) is 5.82 Å². The van der Waals surface area contributed by atoms with Gasteiger partial charge in [0.2, 0.25) is 0 Å². The van der Waals surface area contributed by atoms with Gasteiger partial charge in [0.1, 0.15) is 15.7 Å². The van der Waals surface area contributed by atoms with E-state index in [1.165, 1.54) is 12.3 Å². The van der Waals surface area contributed by atoms with Crippen molar-refractivity contribution in [1.82, 2.24) is 0 Å². The summed E-state index contributed by atoms with van der Waals surface area (Å²) in [6, 6.07) is 17.1. The van der Waals surface area contributed by atoms with Crippen LogP contribution in [0.2, 0.25) is 0 Å². The molecule has 9 heteroatoms. The summed E-state index contributed by atoms with van der Waals surface area (Å²) < 4.78 is 50.7. The number of nitrogens with zero attached hydrogens (tertiary/aromatic N) is 2. The molecular formula is C27H31FN2O5S. The van der Waals surface area contributed by atoms with Crippen molar-refractivity contribution in [2.24, 2.45) is 0 Å². The minimum absolute atomic E-state index is 0.0784. The van der Waals surface area contributed by atoms with Gasteiger partial charge in [-0.2, -0.15) is 0 Å². The van der Waals surface area contributed by atoms with Crippen LogP contribution < -0.4 is 19.3 Å². The molecule has 0 fully saturated rings. The molecule has 0 aliphatic carbocycles. The lowest BCUT2D eigenvalue weighted by molar-refractivity contribution is 0.302. The number of β-amino-alcohol motifs (C(OH)–C–C–N with tert-alkyl or cyclic N) is 1. The summed E-state index contributed by atoms with van der Waals surface area (Å²) in [6.45, 7) is 2.95. The van der Waals surface area contributed by atoms with Gasteiger partial charge in [0, 0.05) is 18.4 Å². The van der Waals surface area contributed by atoms with Gasteiger partial charge in [-0.3, -0.25) is 0 Å². The highest BCUT2D eigenvalue weighted by molar-refractivity contribution is 7.90. The lowest BCUT2D eigenvalue weighted by atomic mass is 10.0. The Morgan fingerprint density at radius 3 is 2.50 bits per heavy atom. The molecule has 0 bridgehead atoms. The fourth-order valence-corrected chi connectivity index (χ4v) is 5.56. The van der Waals surface area contributed by atoms with E-state index in [0.29, 0.717) is 42.4 Å². The van der Waals surface area contributed by atoms with Crippen molar-refractivity contribution in [3.8, 4) is 22.6 Å². The van der Waals surface area contributed by atoms with Gasteiger partial charge in [0.05, 0.1) is 50.2 Å². The standard InChI is InChI=1S/C27H31FN2O5S/c1-4-35-27-16-20(10-12-26(27)34-2)25(17-36(3,32)33)30-18-29(13-14-31)24-15-19(9-11-23(24)30)21-7-5-6-8-22(21)28/h5-12,15-16,25,31H,4,13-14,17-18H2,1-3H3/t25-/m0/s1. The SMILES string of the molecule is CCOc1cc([C@H](CS(C)(=O)=O)N2CN(CCO)c3cc(-c4ccccc4F)ccc32)ccc1OC. The van der Waals surface area contributed by atoms with Gasteiger partial charge in [-0.1, -0.05) is 30.3 Å². The van der Waals surface area contributed by atoms with Crippen LogP contribution in [0.25, 0.3) is 11.1 Å². The highest BCUT2D eigenvalue weighted by atomic mass is 32.2.